The summed E-state index contributed by atoms with van der Waals surface area (Å²) in [6.07, 6.45) is -1.93. The van der Waals surface area contributed by atoms with Crippen LogP contribution in [0.3, 0.4) is 0 Å². The van der Waals surface area contributed by atoms with E-state index in [4.69, 9.17) is 26.2 Å². The number of likely N-dealkylation sites (tertiary alicyclic amines) is 1. The summed E-state index contributed by atoms with van der Waals surface area (Å²) in [6, 6.07) is 6.97. The number of ether oxygens (including phenoxy) is 1. The van der Waals surface area contributed by atoms with E-state index in [1.165, 1.54) is 11.3 Å². The summed E-state index contributed by atoms with van der Waals surface area (Å²) in [7, 11) is 0. The van der Waals surface area contributed by atoms with Crippen molar-refractivity contribution in [1.82, 2.24) is 19.9 Å². The number of halogens is 4. The van der Waals surface area contributed by atoms with Gasteiger partial charge in [-0.3, -0.25) is 4.79 Å². The van der Waals surface area contributed by atoms with Crippen molar-refractivity contribution in [1.29, 1.82) is 5.26 Å². The molecule has 0 N–H and O–H groups in total. The molecule has 0 spiro atoms. The molecule has 4 heterocycles. The molecule has 1 unspecified atom stereocenters. The van der Waals surface area contributed by atoms with Gasteiger partial charge in [-0.25, -0.2) is 15.0 Å². The molecule has 0 saturated carbocycles. The maximum absolute atomic E-state index is 12.6. The number of rotatable bonds is 6. The Kier molecular flexibility index (Phi) is 7.67. The van der Waals surface area contributed by atoms with Crippen molar-refractivity contribution in [3.8, 4) is 12.1 Å². The fourth-order valence-electron chi connectivity index (χ4n) is 4.38. The fourth-order valence-corrected chi connectivity index (χ4v) is 5.68. The molecular formula is C25H20ClF3N6O3S. The Morgan fingerprint density at radius 1 is 1.26 bits per heavy atom. The number of oxime groups is 1. The van der Waals surface area contributed by atoms with Crippen LogP contribution in [0.1, 0.15) is 58.7 Å². The lowest BCUT2D eigenvalue weighted by atomic mass is 9.97. The van der Waals surface area contributed by atoms with Crippen LogP contribution in [0.4, 0.5) is 13.2 Å². The van der Waals surface area contributed by atoms with Crippen LogP contribution in [0.5, 0.6) is 6.01 Å². The Labute approximate surface area is 229 Å². The molecule has 1 amide bonds. The average Bonchev–Trinajstić information content (AvgIpc) is 3.62. The highest BCUT2D eigenvalue weighted by Gasteiger charge is 2.32. The van der Waals surface area contributed by atoms with Gasteiger partial charge in [-0.05, 0) is 25.0 Å². The summed E-state index contributed by atoms with van der Waals surface area (Å²) >= 11 is 7.84. The van der Waals surface area contributed by atoms with Crippen LogP contribution in [0, 0.1) is 11.3 Å². The SMILES string of the molecule is N#Cc1cccc(Cl)c1C1CC(c2csc(C3CCN(C(=O)COc4ncc(C(F)(F)F)cn4)CC3)n2)=NO1. The monoisotopic (exact) mass is 576 g/mol. The third-order valence-electron chi connectivity index (χ3n) is 6.46. The zero-order chi connectivity index (χ0) is 27.6. The number of amides is 1. The molecule has 3 aromatic rings. The van der Waals surface area contributed by atoms with E-state index in [1.54, 1.807) is 23.1 Å². The lowest BCUT2D eigenvalue weighted by Gasteiger charge is -2.31. The summed E-state index contributed by atoms with van der Waals surface area (Å²) in [4.78, 5) is 31.6. The van der Waals surface area contributed by atoms with Crippen molar-refractivity contribution in [2.24, 2.45) is 5.16 Å². The summed E-state index contributed by atoms with van der Waals surface area (Å²) in [5, 5.41) is 16.9. The minimum atomic E-state index is -4.55. The second-order valence-corrected chi connectivity index (χ2v) is 10.2. The van der Waals surface area contributed by atoms with Gasteiger partial charge in [0.15, 0.2) is 12.7 Å². The van der Waals surface area contributed by atoms with Crippen molar-refractivity contribution in [2.75, 3.05) is 19.7 Å². The Morgan fingerprint density at radius 2 is 2.00 bits per heavy atom. The molecule has 2 aliphatic rings. The van der Waals surface area contributed by atoms with Gasteiger partial charge in [-0.15, -0.1) is 11.3 Å². The minimum Gasteiger partial charge on any atom is -0.453 e. The molecule has 39 heavy (non-hydrogen) atoms. The number of thiazole rings is 1. The first-order chi connectivity index (χ1) is 18.7. The Bertz CT molecular complexity index is 1430. The van der Waals surface area contributed by atoms with Crippen LogP contribution < -0.4 is 4.74 Å². The lowest BCUT2D eigenvalue weighted by molar-refractivity contribution is -0.138. The molecule has 1 saturated heterocycles. The number of aromatic nitrogens is 3. The van der Waals surface area contributed by atoms with Gasteiger partial charge >= 0.3 is 12.2 Å². The number of hydrogen-bond acceptors (Lipinski definition) is 9. The summed E-state index contributed by atoms with van der Waals surface area (Å²) in [5.41, 5.74) is 1.46. The van der Waals surface area contributed by atoms with Crippen LogP contribution in [0.25, 0.3) is 0 Å². The number of carbonyl (C=O) groups excluding carboxylic acids is 1. The van der Waals surface area contributed by atoms with Crippen molar-refractivity contribution in [3.05, 3.63) is 68.4 Å². The van der Waals surface area contributed by atoms with E-state index in [0.29, 0.717) is 72.3 Å². The molecular weight excluding hydrogens is 557 g/mol. The van der Waals surface area contributed by atoms with Gasteiger partial charge in [-0.2, -0.15) is 18.4 Å². The highest BCUT2D eigenvalue weighted by Crippen LogP contribution is 2.37. The van der Waals surface area contributed by atoms with Crippen LogP contribution >= 0.6 is 22.9 Å². The molecule has 2 aromatic heterocycles. The summed E-state index contributed by atoms with van der Waals surface area (Å²) < 4.78 is 43.0. The predicted octanol–water partition coefficient (Wildman–Crippen LogP) is 5.13. The second-order valence-electron chi connectivity index (χ2n) is 8.92. The second kappa shape index (κ2) is 11.2. The highest BCUT2D eigenvalue weighted by molar-refractivity contribution is 7.10. The third kappa shape index (κ3) is 5.97. The number of carbonyl (C=O) groups is 1. The van der Waals surface area contributed by atoms with Crippen LogP contribution in [0.2, 0.25) is 5.02 Å². The molecule has 14 heteroatoms. The van der Waals surface area contributed by atoms with Crippen LogP contribution in [0.15, 0.2) is 41.1 Å². The summed E-state index contributed by atoms with van der Waals surface area (Å²) in [6.45, 7) is 0.619. The quantitative estimate of drug-likeness (QED) is 0.400. The molecule has 0 radical (unpaired) electrons. The largest absolute Gasteiger partial charge is 0.453 e. The van der Waals surface area contributed by atoms with Gasteiger partial charge in [0.2, 0.25) is 0 Å². The van der Waals surface area contributed by atoms with Crippen molar-refractivity contribution < 1.29 is 27.5 Å². The van der Waals surface area contributed by atoms with Crippen LogP contribution in [-0.4, -0.2) is 51.2 Å². The topological polar surface area (TPSA) is 114 Å². The van der Waals surface area contributed by atoms with Crippen molar-refractivity contribution >= 4 is 34.6 Å². The molecule has 202 valence electrons. The molecule has 2 aliphatic heterocycles. The number of nitriles is 1. The predicted molar refractivity (Wildman–Crippen MR) is 134 cm³/mol. The Balaban J connectivity index is 1.12. The van der Waals surface area contributed by atoms with E-state index < -0.39 is 17.8 Å². The Hall–Kier alpha value is -3.76. The van der Waals surface area contributed by atoms with Gasteiger partial charge in [0.1, 0.15) is 5.71 Å². The van der Waals surface area contributed by atoms with Gasteiger partial charge in [0.25, 0.3) is 5.91 Å². The standard InChI is InChI=1S/C25H20ClF3N6O3S/c26-17-3-1-2-15(9-30)22(17)20-8-18(34-38-20)19-13-39-23(33-19)14-4-6-35(7-5-14)21(36)12-37-24-31-10-16(11-32-24)25(27,28)29/h1-3,10-11,13-14,20H,4-8,12H2. The number of alkyl halides is 3. The van der Waals surface area contributed by atoms with E-state index in [1.807, 2.05) is 5.38 Å². The van der Waals surface area contributed by atoms with Gasteiger partial charge in [-0.1, -0.05) is 22.8 Å². The minimum absolute atomic E-state index is 0.166. The van der Waals surface area contributed by atoms with Crippen LogP contribution in [-0.2, 0) is 15.8 Å². The highest BCUT2D eigenvalue weighted by atomic mass is 35.5. The zero-order valence-corrected chi connectivity index (χ0v) is 21.8. The first kappa shape index (κ1) is 26.8. The smallest absolute Gasteiger partial charge is 0.419 e. The maximum atomic E-state index is 12.6. The normalized spacial score (nSPS) is 17.9. The maximum Gasteiger partial charge on any atom is 0.419 e. The average molecular weight is 577 g/mol. The molecule has 5 rings (SSSR count). The molecule has 1 atom stereocenters. The molecule has 9 nitrogen and oxygen atoms in total. The number of benzene rings is 1. The number of piperidine rings is 1. The number of nitrogens with zero attached hydrogens (tertiary/aromatic N) is 6. The van der Waals surface area contributed by atoms with Crippen molar-refractivity contribution in [2.45, 2.75) is 37.5 Å². The molecule has 1 fully saturated rings. The Morgan fingerprint density at radius 3 is 2.69 bits per heavy atom. The lowest BCUT2D eigenvalue weighted by Crippen LogP contribution is -2.40. The number of hydrogen-bond donors (Lipinski definition) is 0. The first-order valence-corrected chi connectivity index (χ1v) is 13.2. The first-order valence-electron chi connectivity index (χ1n) is 11.9. The third-order valence-corrected chi connectivity index (χ3v) is 7.80. The summed E-state index contributed by atoms with van der Waals surface area (Å²) in [5.74, 6) is -0.129. The molecule has 1 aromatic carbocycles. The van der Waals surface area contributed by atoms with E-state index in [-0.39, 0.29) is 24.4 Å². The molecule has 0 bridgehead atoms. The van der Waals surface area contributed by atoms with E-state index in [2.05, 4.69) is 21.2 Å². The fraction of sp³-hybridized carbons (Fsp3) is 0.360. The van der Waals surface area contributed by atoms with E-state index >= 15 is 0 Å². The van der Waals surface area contributed by atoms with Gasteiger partial charge in [0, 0.05) is 53.8 Å². The van der Waals surface area contributed by atoms with E-state index in [9.17, 15) is 23.2 Å². The van der Waals surface area contributed by atoms with E-state index in [0.717, 1.165) is 5.01 Å². The molecule has 0 aliphatic carbocycles. The van der Waals surface area contributed by atoms with Gasteiger partial charge in [0.05, 0.1) is 27.9 Å². The zero-order valence-electron chi connectivity index (χ0n) is 20.2. The van der Waals surface area contributed by atoms with Crippen molar-refractivity contribution in [3.63, 3.8) is 0 Å². The van der Waals surface area contributed by atoms with Gasteiger partial charge < -0.3 is 14.5 Å².